The first-order chi connectivity index (χ1) is 18.0. The van der Waals surface area contributed by atoms with Crippen molar-refractivity contribution in [3.63, 3.8) is 0 Å². The molecule has 38 heavy (non-hydrogen) atoms. The molecule has 2 unspecified atom stereocenters. The molecule has 4 aromatic rings. The number of benzene rings is 1. The van der Waals surface area contributed by atoms with E-state index in [-0.39, 0.29) is 24.0 Å². The highest BCUT2D eigenvalue weighted by Crippen LogP contribution is 2.36. The molecule has 5 rings (SSSR count). The van der Waals surface area contributed by atoms with Gasteiger partial charge in [0.2, 0.25) is 0 Å². The second-order valence-corrected chi connectivity index (χ2v) is 10.4. The summed E-state index contributed by atoms with van der Waals surface area (Å²) in [5, 5.41) is 9.23. The van der Waals surface area contributed by atoms with E-state index in [1.54, 1.807) is 23.7 Å². The van der Waals surface area contributed by atoms with Crippen molar-refractivity contribution in [3.05, 3.63) is 52.7 Å². The summed E-state index contributed by atoms with van der Waals surface area (Å²) in [5.74, 6) is 0.556. The lowest BCUT2D eigenvalue weighted by atomic mass is 10.0. The van der Waals surface area contributed by atoms with Gasteiger partial charge >= 0.3 is 11.9 Å². The SMILES string of the molecule is CC1CCN(CCOC(c2ccc(-c3ccc4nnc5c(c4c3)n(C(C)C)c(=O)n5C)cn2)C(F)(F)F)C1. The third-order valence-corrected chi connectivity index (χ3v) is 7.17. The lowest BCUT2D eigenvalue weighted by molar-refractivity contribution is -0.225. The Kier molecular flexibility index (Phi) is 6.99. The molecule has 1 aliphatic rings. The van der Waals surface area contributed by atoms with Gasteiger partial charge in [0, 0.05) is 43.3 Å². The molecule has 0 bridgehead atoms. The number of nitrogens with zero attached hydrogens (tertiary/aromatic N) is 6. The summed E-state index contributed by atoms with van der Waals surface area (Å²) in [6.07, 6.45) is -4.19. The number of pyridine rings is 1. The Morgan fingerprint density at radius 2 is 1.89 bits per heavy atom. The van der Waals surface area contributed by atoms with Crippen molar-refractivity contribution in [2.75, 3.05) is 26.2 Å². The van der Waals surface area contributed by atoms with Crippen LogP contribution >= 0.6 is 0 Å². The molecule has 0 radical (unpaired) electrons. The number of fused-ring (bicyclic) bond motifs is 3. The van der Waals surface area contributed by atoms with Crippen molar-refractivity contribution >= 4 is 22.1 Å². The maximum absolute atomic E-state index is 13.8. The van der Waals surface area contributed by atoms with Gasteiger partial charge in [-0.15, -0.1) is 10.2 Å². The number of likely N-dealkylation sites (tertiary alicyclic amines) is 1. The predicted molar refractivity (Wildman–Crippen MR) is 139 cm³/mol. The minimum absolute atomic E-state index is 0.0172. The van der Waals surface area contributed by atoms with Gasteiger partial charge in [0.05, 0.1) is 17.8 Å². The summed E-state index contributed by atoms with van der Waals surface area (Å²) >= 11 is 0. The first kappa shape index (κ1) is 26.3. The summed E-state index contributed by atoms with van der Waals surface area (Å²) < 4.78 is 49.9. The molecule has 8 nitrogen and oxygen atoms in total. The van der Waals surface area contributed by atoms with E-state index in [1.165, 1.54) is 16.8 Å². The maximum Gasteiger partial charge on any atom is 0.420 e. The molecular weight excluding hydrogens is 497 g/mol. The summed E-state index contributed by atoms with van der Waals surface area (Å²) in [7, 11) is 1.65. The molecule has 0 saturated carbocycles. The molecule has 1 fully saturated rings. The number of ether oxygens (including phenoxy) is 1. The van der Waals surface area contributed by atoms with Crippen LogP contribution in [0.25, 0.3) is 33.2 Å². The van der Waals surface area contributed by atoms with Crippen LogP contribution in [0.5, 0.6) is 0 Å². The number of aromatic nitrogens is 5. The van der Waals surface area contributed by atoms with Gasteiger partial charge in [-0.2, -0.15) is 13.2 Å². The smallest absolute Gasteiger partial charge is 0.361 e. The number of hydrogen-bond donors (Lipinski definition) is 0. The average Bonchev–Trinajstić information content (AvgIpc) is 3.41. The van der Waals surface area contributed by atoms with Gasteiger partial charge in [-0.3, -0.25) is 14.1 Å². The van der Waals surface area contributed by atoms with Gasteiger partial charge in [0.15, 0.2) is 11.8 Å². The minimum atomic E-state index is -4.58. The van der Waals surface area contributed by atoms with Crippen molar-refractivity contribution in [1.29, 1.82) is 0 Å². The molecule has 0 amide bonds. The van der Waals surface area contributed by atoms with E-state index in [1.807, 2.05) is 26.0 Å². The molecule has 0 aliphatic carbocycles. The third-order valence-electron chi connectivity index (χ3n) is 7.17. The second kappa shape index (κ2) is 10.1. The third kappa shape index (κ3) is 4.92. The number of rotatable bonds is 7. The van der Waals surface area contributed by atoms with E-state index in [9.17, 15) is 18.0 Å². The molecule has 3 aromatic heterocycles. The quantitative estimate of drug-likeness (QED) is 0.340. The normalized spacial score (nSPS) is 17.7. The molecule has 2 atom stereocenters. The van der Waals surface area contributed by atoms with Crippen LogP contribution in [0, 0.1) is 5.92 Å². The van der Waals surface area contributed by atoms with Crippen molar-refractivity contribution < 1.29 is 17.9 Å². The van der Waals surface area contributed by atoms with Crippen molar-refractivity contribution in [2.45, 2.75) is 45.5 Å². The molecule has 11 heteroatoms. The Bertz CT molecular complexity index is 1510. The van der Waals surface area contributed by atoms with Crippen molar-refractivity contribution in [2.24, 2.45) is 13.0 Å². The number of alkyl halides is 3. The molecule has 4 heterocycles. The molecule has 1 aliphatic heterocycles. The Morgan fingerprint density at radius 3 is 2.53 bits per heavy atom. The van der Waals surface area contributed by atoms with Crippen molar-refractivity contribution in [3.8, 4) is 11.1 Å². The van der Waals surface area contributed by atoms with E-state index in [0.29, 0.717) is 34.7 Å². The second-order valence-electron chi connectivity index (χ2n) is 10.4. The van der Waals surface area contributed by atoms with E-state index in [4.69, 9.17) is 4.74 Å². The monoisotopic (exact) mass is 528 g/mol. The fourth-order valence-electron chi connectivity index (χ4n) is 5.16. The van der Waals surface area contributed by atoms with Crippen LogP contribution in [-0.2, 0) is 11.8 Å². The van der Waals surface area contributed by atoms with Crippen LogP contribution in [0.3, 0.4) is 0 Å². The Hall–Kier alpha value is -3.31. The Labute approximate surface area is 218 Å². The lowest BCUT2D eigenvalue weighted by Gasteiger charge is -2.22. The van der Waals surface area contributed by atoms with Gasteiger partial charge in [0.25, 0.3) is 0 Å². The van der Waals surface area contributed by atoms with Crippen molar-refractivity contribution in [1.82, 2.24) is 29.2 Å². The lowest BCUT2D eigenvalue weighted by Crippen LogP contribution is -2.30. The molecule has 202 valence electrons. The molecule has 1 aromatic carbocycles. The largest absolute Gasteiger partial charge is 0.420 e. The van der Waals surface area contributed by atoms with Gasteiger partial charge in [-0.05, 0) is 56.5 Å². The fourth-order valence-corrected chi connectivity index (χ4v) is 5.16. The summed E-state index contributed by atoms with van der Waals surface area (Å²) in [6, 6.07) is 8.35. The topological polar surface area (TPSA) is 78.1 Å². The number of halogens is 3. The van der Waals surface area contributed by atoms with Gasteiger partial charge in [-0.25, -0.2) is 4.79 Å². The van der Waals surface area contributed by atoms with E-state index in [0.717, 1.165) is 30.5 Å². The molecule has 0 N–H and O–H groups in total. The number of hydrogen-bond acceptors (Lipinski definition) is 6. The summed E-state index contributed by atoms with van der Waals surface area (Å²) in [6.45, 7) is 8.19. The van der Waals surface area contributed by atoms with Gasteiger partial charge < -0.3 is 9.64 Å². The highest BCUT2D eigenvalue weighted by atomic mass is 19.4. The highest BCUT2D eigenvalue weighted by Gasteiger charge is 2.43. The summed E-state index contributed by atoms with van der Waals surface area (Å²) in [4.78, 5) is 19.1. The van der Waals surface area contributed by atoms with Crippen LogP contribution < -0.4 is 5.69 Å². The van der Waals surface area contributed by atoms with Crippen LogP contribution in [-0.4, -0.2) is 61.6 Å². The van der Waals surface area contributed by atoms with E-state index >= 15 is 0 Å². The zero-order valence-corrected chi connectivity index (χ0v) is 21.9. The zero-order valence-electron chi connectivity index (χ0n) is 21.9. The van der Waals surface area contributed by atoms with Crippen LogP contribution in [0.1, 0.15) is 45.0 Å². The first-order valence-electron chi connectivity index (χ1n) is 12.8. The number of imidazole rings is 1. The van der Waals surface area contributed by atoms with Crippen LogP contribution in [0.15, 0.2) is 41.3 Å². The van der Waals surface area contributed by atoms with Crippen LogP contribution in [0.2, 0.25) is 0 Å². The Balaban J connectivity index is 1.44. The molecular formula is C27H31F3N6O2. The van der Waals surface area contributed by atoms with Gasteiger partial charge in [0.1, 0.15) is 5.52 Å². The molecule has 0 spiro atoms. The minimum Gasteiger partial charge on any atom is -0.361 e. The van der Waals surface area contributed by atoms with Crippen LogP contribution in [0.4, 0.5) is 13.2 Å². The van der Waals surface area contributed by atoms with E-state index in [2.05, 4.69) is 27.0 Å². The fraction of sp³-hybridized carbons (Fsp3) is 0.481. The van der Waals surface area contributed by atoms with Gasteiger partial charge in [-0.1, -0.05) is 19.1 Å². The first-order valence-corrected chi connectivity index (χ1v) is 12.8. The highest BCUT2D eigenvalue weighted by molar-refractivity contribution is 6.02. The average molecular weight is 529 g/mol. The summed E-state index contributed by atoms with van der Waals surface area (Å²) in [5.41, 5.74) is 2.76. The Morgan fingerprint density at radius 1 is 1.13 bits per heavy atom. The number of aryl methyl sites for hydroxylation is 1. The predicted octanol–water partition coefficient (Wildman–Crippen LogP) is 4.89. The molecule has 1 saturated heterocycles. The zero-order chi connectivity index (χ0) is 27.2. The standard InChI is InChI=1S/C27H31F3N6O2/c1-16(2)36-23-20-13-18(5-7-21(20)32-33-25(23)34(4)26(36)37)19-6-8-22(31-14-19)24(27(28,29)30)38-12-11-35-10-9-17(3)15-35/h5-8,13-14,16-17,24H,9-12,15H2,1-4H3. The van der Waals surface area contributed by atoms with E-state index < -0.39 is 12.3 Å². The maximum atomic E-state index is 13.8.